The van der Waals surface area contributed by atoms with Crippen LogP contribution in [0.25, 0.3) is 0 Å². The summed E-state index contributed by atoms with van der Waals surface area (Å²) in [4.78, 5) is 0. The largest absolute Gasteiger partial charge is 0.395 e. The molecule has 0 bridgehead atoms. The summed E-state index contributed by atoms with van der Waals surface area (Å²) in [6.45, 7) is 8.08. The predicted octanol–water partition coefficient (Wildman–Crippen LogP) is 2.42. The molecule has 1 saturated carbocycles. The Hall–Kier alpha value is -0.0800. The summed E-state index contributed by atoms with van der Waals surface area (Å²) >= 11 is 0. The van der Waals surface area contributed by atoms with Crippen molar-refractivity contribution in [2.24, 2.45) is 17.8 Å². The van der Waals surface area contributed by atoms with Crippen molar-refractivity contribution in [3.8, 4) is 0 Å². The maximum atomic E-state index is 9.41. The van der Waals surface area contributed by atoms with Crippen LogP contribution >= 0.6 is 0 Å². The van der Waals surface area contributed by atoms with E-state index in [4.69, 9.17) is 0 Å². The van der Waals surface area contributed by atoms with Crippen LogP contribution < -0.4 is 5.32 Å². The van der Waals surface area contributed by atoms with Crippen molar-refractivity contribution in [1.29, 1.82) is 0 Å². The van der Waals surface area contributed by atoms with Crippen molar-refractivity contribution in [2.45, 2.75) is 52.5 Å². The van der Waals surface area contributed by atoms with Crippen molar-refractivity contribution in [1.82, 2.24) is 5.32 Å². The molecule has 0 aromatic heterocycles. The monoisotopic (exact) mass is 213 g/mol. The summed E-state index contributed by atoms with van der Waals surface area (Å²) in [5.74, 6) is 2.20. The van der Waals surface area contributed by atoms with Gasteiger partial charge in [-0.15, -0.1) is 0 Å². The molecule has 2 heteroatoms. The zero-order valence-corrected chi connectivity index (χ0v) is 10.5. The van der Waals surface area contributed by atoms with Gasteiger partial charge in [0.05, 0.1) is 6.61 Å². The van der Waals surface area contributed by atoms with Gasteiger partial charge in [0, 0.05) is 6.04 Å². The Morgan fingerprint density at radius 3 is 2.60 bits per heavy atom. The van der Waals surface area contributed by atoms with Crippen molar-refractivity contribution in [2.75, 3.05) is 13.2 Å². The highest BCUT2D eigenvalue weighted by molar-refractivity contribution is 4.81. The van der Waals surface area contributed by atoms with Crippen LogP contribution in [0.4, 0.5) is 0 Å². The summed E-state index contributed by atoms with van der Waals surface area (Å²) in [5.41, 5.74) is 0. The molecule has 2 N–H and O–H groups in total. The molecule has 1 aliphatic carbocycles. The van der Waals surface area contributed by atoms with E-state index >= 15 is 0 Å². The molecule has 0 spiro atoms. The summed E-state index contributed by atoms with van der Waals surface area (Å²) in [5, 5.41) is 12.9. The summed E-state index contributed by atoms with van der Waals surface area (Å²) in [6.07, 6.45) is 5.29. The predicted molar refractivity (Wildman–Crippen MR) is 64.8 cm³/mol. The number of aliphatic hydroxyl groups excluding tert-OH is 1. The first kappa shape index (κ1) is 13.0. The van der Waals surface area contributed by atoms with Gasteiger partial charge in [0.1, 0.15) is 0 Å². The molecular weight excluding hydrogens is 186 g/mol. The Labute approximate surface area is 94.5 Å². The van der Waals surface area contributed by atoms with Crippen LogP contribution in [0.5, 0.6) is 0 Å². The number of aliphatic hydroxyl groups is 1. The highest BCUT2D eigenvalue weighted by atomic mass is 16.3. The average molecular weight is 213 g/mol. The van der Waals surface area contributed by atoms with Gasteiger partial charge in [-0.3, -0.25) is 0 Å². The average Bonchev–Trinajstić information content (AvgIpc) is 2.18. The minimum Gasteiger partial charge on any atom is -0.395 e. The lowest BCUT2D eigenvalue weighted by molar-refractivity contribution is 0.151. The molecule has 15 heavy (non-hydrogen) atoms. The molecule has 0 heterocycles. The van der Waals surface area contributed by atoms with E-state index in [1.807, 2.05) is 0 Å². The van der Waals surface area contributed by atoms with Crippen LogP contribution in [-0.2, 0) is 0 Å². The molecule has 0 amide bonds. The second kappa shape index (κ2) is 6.49. The van der Waals surface area contributed by atoms with Crippen molar-refractivity contribution < 1.29 is 5.11 Å². The Morgan fingerprint density at radius 1 is 1.33 bits per heavy atom. The van der Waals surface area contributed by atoms with E-state index in [1.54, 1.807) is 0 Å². The highest BCUT2D eigenvalue weighted by Crippen LogP contribution is 2.30. The number of nitrogens with one attached hydrogen (secondary N) is 1. The third-order valence-corrected chi connectivity index (χ3v) is 3.53. The first-order valence-corrected chi connectivity index (χ1v) is 6.47. The lowest BCUT2D eigenvalue weighted by Crippen LogP contribution is -2.42. The highest BCUT2D eigenvalue weighted by Gasteiger charge is 2.25. The zero-order chi connectivity index (χ0) is 11.3. The second-order valence-corrected chi connectivity index (χ2v) is 5.62. The molecule has 1 fully saturated rings. The molecule has 90 valence electrons. The molecule has 0 aromatic rings. The Kier molecular flexibility index (Phi) is 5.62. The fourth-order valence-electron chi connectivity index (χ4n) is 2.61. The second-order valence-electron chi connectivity index (χ2n) is 5.62. The van der Waals surface area contributed by atoms with E-state index in [-0.39, 0.29) is 0 Å². The van der Waals surface area contributed by atoms with E-state index in [9.17, 15) is 5.11 Å². The molecule has 2 nitrogen and oxygen atoms in total. The summed E-state index contributed by atoms with van der Waals surface area (Å²) in [7, 11) is 0. The molecule has 0 saturated heterocycles. The van der Waals surface area contributed by atoms with Gasteiger partial charge in [-0.1, -0.05) is 33.6 Å². The molecule has 3 atom stereocenters. The molecule has 0 radical (unpaired) electrons. The summed E-state index contributed by atoms with van der Waals surface area (Å²) < 4.78 is 0. The van der Waals surface area contributed by atoms with Gasteiger partial charge in [0.2, 0.25) is 0 Å². The van der Waals surface area contributed by atoms with Crippen molar-refractivity contribution in [3.63, 3.8) is 0 Å². The van der Waals surface area contributed by atoms with Crippen LogP contribution in [-0.4, -0.2) is 24.3 Å². The molecule has 0 aliphatic heterocycles. The van der Waals surface area contributed by atoms with E-state index in [2.05, 4.69) is 26.1 Å². The van der Waals surface area contributed by atoms with E-state index in [1.165, 1.54) is 25.7 Å². The summed E-state index contributed by atoms with van der Waals surface area (Å²) in [6, 6.07) is 0.329. The zero-order valence-electron chi connectivity index (χ0n) is 10.5. The first-order valence-electron chi connectivity index (χ1n) is 6.47. The minimum absolute atomic E-state index is 0.296. The number of rotatable bonds is 5. The van der Waals surface area contributed by atoms with Gasteiger partial charge < -0.3 is 10.4 Å². The normalized spacial score (nSPS) is 29.4. The number of hydrogen-bond acceptors (Lipinski definition) is 2. The quantitative estimate of drug-likeness (QED) is 0.735. The first-order chi connectivity index (χ1) is 7.13. The third-order valence-electron chi connectivity index (χ3n) is 3.53. The lowest BCUT2D eigenvalue weighted by atomic mass is 9.78. The SMILES string of the molecule is CC(C)CNC(CO)C1CCCC(C)C1. The Bertz CT molecular complexity index is 170. The number of hydrogen-bond donors (Lipinski definition) is 2. The van der Waals surface area contributed by atoms with Crippen molar-refractivity contribution >= 4 is 0 Å². The maximum absolute atomic E-state index is 9.41. The van der Waals surface area contributed by atoms with E-state index in [0.717, 1.165) is 12.5 Å². The van der Waals surface area contributed by atoms with Gasteiger partial charge in [0.25, 0.3) is 0 Å². The fourth-order valence-corrected chi connectivity index (χ4v) is 2.61. The van der Waals surface area contributed by atoms with Gasteiger partial charge >= 0.3 is 0 Å². The van der Waals surface area contributed by atoms with Crippen LogP contribution in [0, 0.1) is 17.8 Å². The molecule has 3 unspecified atom stereocenters. The van der Waals surface area contributed by atoms with Crippen LogP contribution in [0.3, 0.4) is 0 Å². The standard InChI is InChI=1S/C13H27NO/c1-10(2)8-14-13(9-15)12-6-4-5-11(3)7-12/h10-15H,4-9H2,1-3H3. The Balaban J connectivity index is 2.35. The molecule has 1 aliphatic rings. The van der Waals surface area contributed by atoms with Gasteiger partial charge in [0.15, 0.2) is 0 Å². The molecule has 0 aromatic carbocycles. The van der Waals surface area contributed by atoms with Crippen LogP contribution in [0.2, 0.25) is 0 Å². The molecule has 1 rings (SSSR count). The smallest absolute Gasteiger partial charge is 0.0587 e. The van der Waals surface area contributed by atoms with Gasteiger partial charge in [-0.25, -0.2) is 0 Å². The van der Waals surface area contributed by atoms with Gasteiger partial charge in [-0.05, 0) is 37.1 Å². The van der Waals surface area contributed by atoms with Crippen molar-refractivity contribution in [3.05, 3.63) is 0 Å². The maximum Gasteiger partial charge on any atom is 0.0587 e. The van der Waals surface area contributed by atoms with Crippen LogP contribution in [0.15, 0.2) is 0 Å². The van der Waals surface area contributed by atoms with E-state index in [0.29, 0.717) is 24.5 Å². The lowest BCUT2D eigenvalue weighted by Gasteiger charge is -2.33. The topological polar surface area (TPSA) is 32.3 Å². The Morgan fingerprint density at radius 2 is 2.07 bits per heavy atom. The fraction of sp³-hybridized carbons (Fsp3) is 1.00. The van der Waals surface area contributed by atoms with Gasteiger partial charge in [-0.2, -0.15) is 0 Å². The third kappa shape index (κ3) is 4.52. The molecular formula is C13H27NO. The van der Waals surface area contributed by atoms with Crippen LogP contribution in [0.1, 0.15) is 46.5 Å². The minimum atomic E-state index is 0.296. The van der Waals surface area contributed by atoms with E-state index < -0.39 is 0 Å².